The second kappa shape index (κ2) is 7.38. The summed E-state index contributed by atoms with van der Waals surface area (Å²) in [4.78, 5) is 12.3. The number of hydrogen-bond donors (Lipinski definition) is 1. The van der Waals surface area contributed by atoms with E-state index >= 15 is 0 Å². The van der Waals surface area contributed by atoms with E-state index in [9.17, 15) is 4.79 Å². The molecule has 1 amide bonds. The first-order valence-corrected chi connectivity index (χ1v) is 9.62. The Balaban J connectivity index is 1.42. The lowest BCUT2D eigenvalue weighted by atomic mass is 10.0. The molecule has 0 radical (unpaired) electrons. The monoisotopic (exact) mass is 338 g/mol. The van der Waals surface area contributed by atoms with Crippen LogP contribution >= 0.6 is 0 Å². The van der Waals surface area contributed by atoms with Gasteiger partial charge >= 0.3 is 0 Å². The van der Waals surface area contributed by atoms with Crippen LogP contribution in [0.2, 0.25) is 0 Å². The molecule has 0 spiro atoms. The predicted octanol–water partition coefficient (Wildman–Crippen LogP) is 4.19. The molecular formula is C20H26N4O. The quantitative estimate of drug-likeness (QED) is 0.889. The van der Waals surface area contributed by atoms with Crippen molar-refractivity contribution in [2.24, 2.45) is 5.92 Å². The fourth-order valence-electron chi connectivity index (χ4n) is 4.12. The van der Waals surface area contributed by atoms with Crippen molar-refractivity contribution in [1.29, 1.82) is 0 Å². The number of anilines is 1. The highest BCUT2D eigenvalue weighted by atomic mass is 16.1. The number of nitrogens with one attached hydrogen (secondary N) is 1. The lowest BCUT2D eigenvalue weighted by molar-refractivity contribution is -0.116. The average molecular weight is 338 g/mol. The molecule has 2 aromatic rings. The summed E-state index contributed by atoms with van der Waals surface area (Å²) in [6.45, 7) is 0.982. The Kier molecular flexibility index (Phi) is 4.81. The number of aryl methyl sites for hydroxylation is 1. The van der Waals surface area contributed by atoms with Crippen LogP contribution in [0.3, 0.4) is 0 Å². The van der Waals surface area contributed by atoms with Gasteiger partial charge in [-0.25, -0.2) is 0 Å². The minimum absolute atomic E-state index is 0.118. The molecule has 0 unspecified atom stereocenters. The number of nitrogens with zero attached hydrogens (tertiary/aromatic N) is 3. The van der Waals surface area contributed by atoms with Crippen molar-refractivity contribution in [2.45, 2.75) is 64.3 Å². The Labute approximate surface area is 148 Å². The predicted molar refractivity (Wildman–Crippen MR) is 98.2 cm³/mol. The van der Waals surface area contributed by atoms with Crippen LogP contribution in [0, 0.1) is 5.92 Å². The summed E-state index contributed by atoms with van der Waals surface area (Å²) in [5.41, 5.74) is 1.87. The summed E-state index contributed by atoms with van der Waals surface area (Å²) >= 11 is 0. The van der Waals surface area contributed by atoms with Gasteiger partial charge in [0.05, 0.1) is 0 Å². The maximum Gasteiger partial charge on any atom is 0.224 e. The smallest absolute Gasteiger partial charge is 0.224 e. The maximum atomic E-state index is 12.3. The van der Waals surface area contributed by atoms with E-state index < -0.39 is 0 Å². The molecule has 25 heavy (non-hydrogen) atoms. The zero-order valence-electron chi connectivity index (χ0n) is 14.7. The Morgan fingerprint density at radius 3 is 2.92 bits per heavy atom. The van der Waals surface area contributed by atoms with Crippen LogP contribution in [0.5, 0.6) is 0 Å². The van der Waals surface area contributed by atoms with Gasteiger partial charge in [-0.15, -0.1) is 10.2 Å². The topological polar surface area (TPSA) is 59.8 Å². The molecule has 132 valence electrons. The van der Waals surface area contributed by atoms with Crippen LogP contribution in [0.4, 0.5) is 5.69 Å². The number of carbonyl (C=O) groups is 1. The van der Waals surface area contributed by atoms with Gasteiger partial charge in [-0.05, 0) is 37.3 Å². The average Bonchev–Trinajstić information content (AvgIpc) is 3.30. The molecule has 2 aliphatic rings. The van der Waals surface area contributed by atoms with Crippen LogP contribution in [0.25, 0.3) is 11.4 Å². The van der Waals surface area contributed by atoms with E-state index in [2.05, 4.69) is 20.1 Å². The number of fused-ring (bicyclic) bond motifs is 1. The van der Waals surface area contributed by atoms with Crippen molar-refractivity contribution in [2.75, 3.05) is 5.32 Å². The highest BCUT2D eigenvalue weighted by molar-refractivity contribution is 5.91. The highest BCUT2D eigenvalue weighted by Gasteiger charge is 2.18. The summed E-state index contributed by atoms with van der Waals surface area (Å²) in [5.74, 6) is 2.86. The van der Waals surface area contributed by atoms with Gasteiger partial charge in [-0.1, -0.05) is 37.8 Å². The summed E-state index contributed by atoms with van der Waals surface area (Å²) in [7, 11) is 0. The third-order valence-electron chi connectivity index (χ3n) is 5.52. The minimum atomic E-state index is 0.118. The largest absolute Gasteiger partial charge is 0.326 e. The molecule has 1 N–H and O–H groups in total. The van der Waals surface area contributed by atoms with Crippen LogP contribution < -0.4 is 5.32 Å². The Hall–Kier alpha value is -2.17. The fraction of sp³-hybridized carbons (Fsp3) is 0.550. The van der Waals surface area contributed by atoms with Gasteiger partial charge in [0.2, 0.25) is 5.91 Å². The first-order valence-electron chi connectivity index (χ1n) is 9.62. The van der Waals surface area contributed by atoms with Crippen molar-refractivity contribution in [3.63, 3.8) is 0 Å². The number of amides is 1. The normalized spacial score (nSPS) is 17.4. The molecular weight excluding hydrogens is 312 g/mol. The number of benzene rings is 1. The molecule has 1 aliphatic heterocycles. The molecule has 2 heterocycles. The number of carbonyl (C=O) groups excluding carboxylic acids is 1. The molecule has 1 saturated carbocycles. The van der Waals surface area contributed by atoms with Crippen molar-refractivity contribution in [1.82, 2.24) is 14.8 Å². The molecule has 0 bridgehead atoms. The van der Waals surface area contributed by atoms with Gasteiger partial charge in [-0.2, -0.15) is 0 Å². The summed E-state index contributed by atoms with van der Waals surface area (Å²) in [6, 6.07) is 7.98. The molecule has 5 nitrogen and oxygen atoms in total. The Morgan fingerprint density at radius 1 is 1.16 bits per heavy atom. The van der Waals surface area contributed by atoms with E-state index in [-0.39, 0.29) is 5.91 Å². The van der Waals surface area contributed by atoms with Crippen LogP contribution in [0.1, 0.15) is 57.2 Å². The third kappa shape index (κ3) is 3.75. The molecule has 5 heteroatoms. The Morgan fingerprint density at radius 2 is 2.04 bits per heavy atom. The van der Waals surface area contributed by atoms with Crippen LogP contribution in [0.15, 0.2) is 24.3 Å². The first-order chi connectivity index (χ1) is 12.3. The zero-order chi connectivity index (χ0) is 17.1. The molecule has 4 rings (SSSR count). The second-order valence-electron chi connectivity index (χ2n) is 7.37. The molecule has 1 fully saturated rings. The molecule has 0 saturated heterocycles. The number of aromatic nitrogens is 3. The standard InChI is InChI=1S/C20H26N4O/c25-19(12-11-15-6-1-2-7-15)21-17-9-5-8-16(14-17)20-23-22-18-10-3-4-13-24(18)20/h5,8-9,14-15H,1-4,6-7,10-13H2,(H,21,25). The number of hydrogen-bond acceptors (Lipinski definition) is 3. The van der Waals surface area contributed by atoms with Gasteiger partial charge in [0.1, 0.15) is 5.82 Å². The van der Waals surface area contributed by atoms with Crippen LogP contribution in [-0.2, 0) is 17.8 Å². The second-order valence-corrected chi connectivity index (χ2v) is 7.37. The lowest BCUT2D eigenvalue weighted by Gasteiger charge is -2.15. The summed E-state index contributed by atoms with van der Waals surface area (Å²) in [6.07, 6.45) is 10.3. The fourth-order valence-corrected chi connectivity index (χ4v) is 4.12. The lowest BCUT2D eigenvalue weighted by Crippen LogP contribution is -2.13. The van der Waals surface area contributed by atoms with Crippen molar-refractivity contribution in [3.05, 3.63) is 30.1 Å². The van der Waals surface area contributed by atoms with Crippen molar-refractivity contribution < 1.29 is 4.79 Å². The van der Waals surface area contributed by atoms with E-state index in [0.717, 1.165) is 48.2 Å². The van der Waals surface area contributed by atoms with Gasteiger partial charge in [0.15, 0.2) is 5.82 Å². The van der Waals surface area contributed by atoms with Gasteiger partial charge in [0.25, 0.3) is 0 Å². The first kappa shape index (κ1) is 16.3. The minimum Gasteiger partial charge on any atom is -0.326 e. The third-order valence-corrected chi connectivity index (χ3v) is 5.52. The molecule has 1 aromatic heterocycles. The molecule has 0 atom stereocenters. The van der Waals surface area contributed by atoms with Crippen molar-refractivity contribution in [3.8, 4) is 11.4 Å². The van der Waals surface area contributed by atoms with E-state index in [1.807, 2.05) is 24.3 Å². The SMILES string of the molecule is O=C(CCC1CCCC1)Nc1cccc(-c2nnc3n2CCCC3)c1. The summed E-state index contributed by atoms with van der Waals surface area (Å²) < 4.78 is 2.21. The number of rotatable bonds is 5. The maximum absolute atomic E-state index is 12.3. The molecule has 1 aromatic carbocycles. The van der Waals surface area contributed by atoms with E-state index in [0.29, 0.717) is 6.42 Å². The van der Waals surface area contributed by atoms with Crippen molar-refractivity contribution >= 4 is 11.6 Å². The zero-order valence-corrected chi connectivity index (χ0v) is 14.7. The van der Waals surface area contributed by atoms with Gasteiger partial charge < -0.3 is 9.88 Å². The molecule has 1 aliphatic carbocycles. The van der Waals surface area contributed by atoms with E-state index in [4.69, 9.17) is 0 Å². The highest BCUT2D eigenvalue weighted by Crippen LogP contribution is 2.29. The van der Waals surface area contributed by atoms with Gasteiger partial charge in [-0.3, -0.25) is 4.79 Å². The van der Waals surface area contributed by atoms with E-state index in [1.165, 1.54) is 38.5 Å². The van der Waals surface area contributed by atoms with Gasteiger partial charge in [0, 0.05) is 30.6 Å². The van der Waals surface area contributed by atoms with E-state index in [1.54, 1.807) is 0 Å². The van der Waals surface area contributed by atoms with Crippen LogP contribution in [-0.4, -0.2) is 20.7 Å². The Bertz CT molecular complexity index is 746. The summed E-state index contributed by atoms with van der Waals surface area (Å²) in [5, 5.41) is 11.8.